The van der Waals surface area contributed by atoms with Crippen LogP contribution in [0.2, 0.25) is 0 Å². The van der Waals surface area contributed by atoms with Gasteiger partial charge < -0.3 is 51.1 Å². The normalized spacial score (nSPS) is 17.2. The number of phenols is 7. The highest BCUT2D eigenvalue weighted by molar-refractivity contribution is 6.41. The number of carbonyl (C=O) groups is 2. The molecule has 5 rings (SSSR count). The van der Waals surface area contributed by atoms with E-state index in [0.717, 1.165) is 42.5 Å². The van der Waals surface area contributed by atoms with Gasteiger partial charge in [0.05, 0.1) is 33.4 Å². The van der Waals surface area contributed by atoms with Crippen molar-refractivity contribution in [1.29, 1.82) is 0 Å². The molecule has 12 nitrogen and oxygen atoms in total. The van der Waals surface area contributed by atoms with Crippen molar-refractivity contribution in [3.8, 4) is 51.4 Å². The van der Waals surface area contributed by atoms with Crippen LogP contribution in [0.1, 0.15) is 11.1 Å². The maximum Gasteiger partial charge on any atom is 0.202 e. The zero-order valence-corrected chi connectivity index (χ0v) is 19.9. The summed E-state index contributed by atoms with van der Waals surface area (Å²) in [5.41, 5.74) is -3.96. The lowest BCUT2D eigenvalue weighted by atomic mass is 9.77. The summed E-state index contributed by atoms with van der Waals surface area (Å²) < 4.78 is 0. The molecule has 202 valence electrons. The number of carbonyl (C=O) groups excluding carboxylic acids is 2. The Morgan fingerprint density at radius 1 is 0.450 bits per heavy atom. The zero-order chi connectivity index (χ0) is 29.2. The second-order valence-electron chi connectivity index (χ2n) is 8.91. The van der Waals surface area contributed by atoms with Crippen molar-refractivity contribution in [3.05, 3.63) is 88.1 Å². The SMILES string of the molecule is O=C1C=C(O)/C(=C2/C(=O)C(c3c(O)cc(O)c(-c4cc(O)cc(O)c4)c3O)=C2O)C(O)=C1c1cc(O)cc(O)c1. The van der Waals surface area contributed by atoms with E-state index in [1.165, 1.54) is 0 Å². The molecule has 0 aromatic heterocycles. The Balaban J connectivity index is 1.73. The van der Waals surface area contributed by atoms with E-state index < -0.39 is 103 Å². The highest BCUT2D eigenvalue weighted by atomic mass is 16.3. The molecule has 2 aliphatic carbocycles. The number of ketones is 2. The molecule has 0 radical (unpaired) electrons. The van der Waals surface area contributed by atoms with Crippen LogP contribution in [0.15, 0.2) is 77.0 Å². The van der Waals surface area contributed by atoms with Gasteiger partial charge in [-0.05, 0) is 35.4 Å². The predicted molar refractivity (Wildman–Crippen MR) is 137 cm³/mol. The van der Waals surface area contributed by atoms with Gasteiger partial charge in [-0.15, -0.1) is 0 Å². The first-order valence-electron chi connectivity index (χ1n) is 11.3. The van der Waals surface area contributed by atoms with E-state index in [1.54, 1.807) is 0 Å². The van der Waals surface area contributed by atoms with Crippen LogP contribution in [0.3, 0.4) is 0 Å². The zero-order valence-electron chi connectivity index (χ0n) is 19.9. The number of Topliss-reactive ketones (excluding diaryl/α,β-unsaturated/α-hetero) is 1. The van der Waals surface area contributed by atoms with Crippen LogP contribution in [-0.2, 0) is 9.59 Å². The van der Waals surface area contributed by atoms with Gasteiger partial charge in [0, 0.05) is 24.3 Å². The number of phenolic OH excluding ortho intramolecular Hbond substituents is 7. The van der Waals surface area contributed by atoms with Gasteiger partial charge in [0.15, 0.2) is 5.78 Å². The number of hydrogen-bond donors (Lipinski definition) is 10. The second kappa shape index (κ2) is 8.77. The lowest BCUT2D eigenvalue weighted by molar-refractivity contribution is -0.112. The maximum absolute atomic E-state index is 13.3. The third kappa shape index (κ3) is 3.79. The Morgan fingerprint density at radius 2 is 0.925 bits per heavy atom. The predicted octanol–water partition coefficient (Wildman–Crippen LogP) is 3.44. The molecule has 3 aromatic rings. The molecule has 0 atom stereocenters. The summed E-state index contributed by atoms with van der Waals surface area (Å²) in [4.78, 5) is 25.8. The van der Waals surface area contributed by atoms with Crippen molar-refractivity contribution in [2.45, 2.75) is 0 Å². The van der Waals surface area contributed by atoms with E-state index in [9.17, 15) is 60.7 Å². The lowest BCUT2D eigenvalue weighted by Crippen LogP contribution is -2.26. The molecule has 0 unspecified atom stereocenters. The van der Waals surface area contributed by atoms with Gasteiger partial charge in [0.1, 0.15) is 57.5 Å². The Hall–Kier alpha value is -6.04. The Bertz CT molecular complexity index is 1780. The summed E-state index contributed by atoms with van der Waals surface area (Å²) in [7, 11) is 0. The molecular weight excluding hydrogens is 528 g/mol. The van der Waals surface area contributed by atoms with Gasteiger partial charge in [0.2, 0.25) is 5.78 Å². The molecule has 0 spiro atoms. The molecule has 0 bridgehead atoms. The minimum atomic E-state index is -1.10. The summed E-state index contributed by atoms with van der Waals surface area (Å²) in [5.74, 6) is -9.13. The average molecular weight is 546 g/mol. The summed E-state index contributed by atoms with van der Waals surface area (Å²) >= 11 is 0. The molecule has 0 heterocycles. The van der Waals surface area contributed by atoms with Crippen molar-refractivity contribution in [2.75, 3.05) is 0 Å². The standard InChI is InChI=1S/C28H18O12/c29-11-1-9(2-12(30)5-11)19-15(33)7-17(35)21(25(19)37)23-27(39)24(28(23)40)22-18(36)8-16(34)20(26(22)38)10-3-13(31)6-14(32)4-10/h1-8,29-33,35-39H/b24-22-. The Kier molecular flexibility index (Phi) is 5.61. The first-order chi connectivity index (χ1) is 18.8. The minimum absolute atomic E-state index is 0.120. The van der Waals surface area contributed by atoms with Crippen LogP contribution >= 0.6 is 0 Å². The van der Waals surface area contributed by atoms with E-state index in [4.69, 9.17) is 0 Å². The fourth-order valence-electron chi connectivity index (χ4n) is 4.67. The molecule has 12 heteroatoms. The molecule has 0 saturated heterocycles. The second-order valence-corrected chi connectivity index (χ2v) is 8.91. The molecule has 10 N–H and O–H groups in total. The minimum Gasteiger partial charge on any atom is -0.508 e. The largest absolute Gasteiger partial charge is 0.508 e. The van der Waals surface area contributed by atoms with Crippen LogP contribution in [0.4, 0.5) is 0 Å². The van der Waals surface area contributed by atoms with Crippen molar-refractivity contribution < 1.29 is 60.7 Å². The van der Waals surface area contributed by atoms with Gasteiger partial charge in [-0.25, -0.2) is 0 Å². The summed E-state index contributed by atoms with van der Waals surface area (Å²) in [6, 6.07) is 6.85. The molecule has 0 fully saturated rings. The number of rotatable bonds is 3. The van der Waals surface area contributed by atoms with Gasteiger partial charge in [-0.2, -0.15) is 0 Å². The summed E-state index contributed by atoms with van der Waals surface area (Å²) in [5, 5.41) is 103. The first-order valence-corrected chi connectivity index (χ1v) is 11.3. The van der Waals surface area contributed by atoms with Crippen molar-refractivity contribution in [3.63, 3.8) is 0 Å². The smallest absolute Gasteiger partial charge is 0.202 e. The molecule has 0 saturated carbocycles. The summed E-state index contributed by atoms with van der Waals surface area (Å²) in [6.07, 6.45) is 0.638. The quantitative estimate of drug-likeness (QED) is 0.213. The third-order valence-electron chi connectivity index (χ3n) is 6.31. The van der Waals surface area contributed by atoms with Crippen molar-refractivity contribution in [2.24, 2.45) is 0 Å². The number of aliphatic hydroxyl groups excluding tert-OH is 3. The number of aliphatic hydroxyl groups is 3. The maximum atomic E-state index is 13.3. The van der Waals surface area contributed by atoms with Crippen LogP contribution in [0, 0.1) is 0 Å². The van der Waals surface area contributed by atoms with Crippen molar-refractivity contribution in [1.82, 2.24) is 0 Å². The lowest BCUT2D eigenvalue weighted by Gasteiger charge is -2.27. The topological polar surface area (TPSA) is 236 Å². The Labute approximate surface area is 223 Å². The van der Waals surface area contributed by atoms with E-state index in [1.807, 2.05) is 0 Å². The Morgan fingerprint density at radius 3 is 1.45 bits per heavy atom. The van der Waals surface area contributed by atoms with E-state index in [-0.39, 0.29) is 11.1 Å². The van der Waals surface area contributed by atoms with E-state index in [0.29, 0.717) is 6.08 Å². The number of aromatic hydroxyl groups is 7. The van der Waals surface area contributed by atoms with Gasteiger partial charge in [0.25, 0.3) is 0 Å². The molecule has 0 aliphatic heterocycles. The fourth-order valence-corrected chi connectivity index (χ4v) is 4.67. The van der Waals surface area contributed by atoms with E-state index in [2.05, 4.69) is 0 Å². The number of hydrogen-bond acceptors (Lipinski definition) is 12. The van der Waals surface area contributed by atoms with Gasteiger partial charge in [-0.1, -0.05) is 0 Å². The fraction of sp³-hybridized carbons (Fsp3) is 0. The van der Waals surface area contributed by atoms with Gasteiger partial charge in [-0.3, -0.25) is 9.59 Å². The third-order valence-corrected chi connectivity index (χ3v) is 6.31. The molecule has 3 aromatic carbocycles. The molecular formula is C28H18O12. The number of benzene rings is 3. The molecule has 40 heavy (non-hydrogen) atoms. The first kappa shape index (κ1) is 25.6. The highest BCUT2D eigenvalue weighted by Crippen LogP contribution is 2.52. The van der Waals surface area contributed by atoms with Crippen LogP contribution in [0.5, 0.6) is 40.2 Å². The molecule has 2 aliphatic rings. The number of allylic oxidation sites excluding steroid dienone is 4. The van der Waals surface area contributed by atoms with Crippen molar-refractivity contribution >= 4 is 22.7 Å². The average Bonchev–Trinajstić information content (AvgIpc) is 2.82. The van der Waals surface area contributed by atoms with Gasteiger partial charge >= 0.3 is 0 Å². The molecule has 0 amide bonds. The monoisotopic (exact) mass is 546 g/mol. The summed E-state index contributed by atoms with van der Waals surface area (Å²) in [6.45, 7) is 0. The van der Waals surface area contributed by atoms with Crippen LogP contribution in [0.25, 0.3) is 22.3 Å². The van der Waals surface area contributed by atoms with E-state index >= 15 is 0 Å². The highest BCUT2D eigenvalue weighted by Gasteiger charge is 2.44. The van der Waals surface area contributed by atoms with Crippen LogP contribution < -0.4 is 0 Å². The van der Waals surface area contributed by atoms with Crippen LogP contribution in [-0.4, -0.2) is 62.6 Å².